The lowest BCUT2D eigenvalue weighted by molar-refractivity contribution is 0.496. The van der Waals surface area contributed by atoms with Crippen molar-refractivity contribution in [1.29, 1.82) is 0 Å². The second kappa shape index (κ2) is 8.98. The van der Waals surface area contributed by atoms with E-state index in [0.717, 1.165) is 47.1 Å². The van der Waals surface area contributed by atoms with E-state index in [2.05, 4.69) is 34.2 Å². The summed E-state index contributed by atoms with van der Waals surface area (Å²) < 4.78 is 4.57. The zero-order chi connectivity index (χ0) is 25.7. The second-order valence-corrected chi connectivity index (χ2v) is 9.72. The molecule has 1 atom stereocenters. The summed E-state index contributed by atoms with van der Waals surface area (Å²) in [6.45, 7) is 3.62. The molecule has 6 rings (SSSR count). The highest BCUT2D eigenvalue weighted by atomic mass is 16.2. The molecule has 0 radical (unpaired) electrons. The Morgan fingerprint density at radius 2 is 1.97 bits per heavy atom. The van der Waals surface area contributed by atoms with Crippen molar-refractivity contribution in [3.63, 3.8) is 0 Å². The highest BCUT2D eigenvalue weighted by Gasteiger charge is 2.26. The molecule has 4 aromatic rings. The number of nitrogens with one attached hydrogen (secondary N) is 1. The zero-order valence-electron chi connectivity index (χ0n) is 21.0. The molecule has 9 nitrogen and oxygen atoms in total. The van der Waals surface area contributed by atoms with Crippen molar-refractivity contribution in [2.75, 3.05) is 23.3 Å². The number of benzene rings is 2. The Labute approximate surface area is 213 Å². The van der Waals surface area contributed by atoms with Gasteiger partial charge < -0.3 is 16.0 Å². The molecule has 2 aromatic heterocycles. The molecule has 0 unspecified atom stereocenters. The summed E-state index contributed by atoms with van der Waals surface area (Å²) in [6, 6.07) is 12.3. The molecule has 2 aromatic carbocycles. The Balaban J connectivity index is 1.49. The molecule has 0 aliphatic carbocycles. The highest BCUT2D eigenvalue weighted by molar-refractivity contribution is 6.03. The summed E-state index contributed by atoms with van der Waals surface area (Å²) in [6.07, 6.45) is 3.91. The van der Waals surface area contributed by atoms with Crippen molar-refractivity contribution in [1.82, 2.24) is 18.7 Å². The van der Waals surface area contributed by atoms with Gasteiger partial charge in [-0.15, -0.1) is 5.92 Å². The number of nitrogens with zero attached hydrogens (tertiary/aromatic N) is 5. The minimum atomic E-state index is -0.412. The number of anilines is 2. The number of hydrogen-bond acceptors (Lipinski definition) is 6. The van der Waals surface area contributed by atoms with Gasteiger partial charge in [-0.25, -0.2) is 4.79 Å². The first-order valence-electron chi connectivity index (χ1n) is 12.6. The molecule has 0 saturated carbocycles. The molecule has 2 aliphatic heterocycles. The van der Waals surface area contributed by atoms with Gasteiger partial charge in [0.25, 0.3) is 5.56 Å². The van der Waals surface area contributed by atoms with Crippen LogP contribution in [-0.2, 0) is 20.1 Å². The van der Waals surface area contributed by atoms with Crippen molar-refractivity contribution in [3.8, 4) is 11.8 Å². The molecule has 37 heavy (non-hydrogen) atoms. The van der Waals surface area contributed by atoms with Gasteiger partial charge in [0.15, 0.2) is 11.2 Å². The third-order valence-corrected chi connectivity index (χ3v) is 7.26. The average Bonchev–Trinajstić information content (AvgIpc) is 3.29. The van der Waals surface area contributed by atoms with Crippen molar-refractivity contribution in [2.45, 2.75) is 38.9 Å². The Kier molecular flexibility index (Phi) is 5.61. The fourth-order valence-corrected chi connectivity index (χ4v) is 5.49. The maximum Gasteiger partial charge on any atom is 0.332 e. The minimum absolute atomic E-state index is 0.0383. The van der Waals surface area contributed by atoms with Gasteiger partial charge in [-0.1, -0.05) is 36.3 Å². The Bertz CT molecular complexity index is 1760. The molecule has 1 fully saturated rings. The van der Waals surface area contributed by atoms with Crippen LogP contribution in [0.5, 0.6) is 0 Å². The summed E-state index contributed by atoms with van der Waals surface area (Å²) in [5, 5.41) is 5.70. The minimum Gasteiger partial charge on any atom is -0.357 e. The van der Waals surface area contributed by atoms with Crippen LogP contribution in [0.3, 0.4) is 0 Å². The summed E-state index contributed by atoms with van der Waals surface area (Å²) >= 11 is 0. The van der Waals surface area contributed by atoms with Crippen molar-refractivity contribution in [2.24, 2.45) is 12.8 Å². The fraction of sp³-hybridized carbons (Fsp3) is 0.321. The van der Waals surface area contributed by atoms with E-state index in [1.807, 2.05) is 34.9 Å². The Morgan fingerprint density at radius 1 is 1.16 bits per heavy atom. The second-order valence-electron chi connectivity index (χ2n) is 9.72. The van der Waals surface area contributed by atoms with Gasteiger partial charge in [0.05, 0.1) is 13.1 Å². The summed E-state index contributed by atoms with van der Waals surface area (Å²) in [5.74, 6) is 6.62. The van der Waals surface area contributed by atoms with Gasteiger partial charge in [0.1, 0.15) is 0 Å². The van der Waals surface area contributed by atoms with Gasteiger partial charge >= 0.3 is 5.69 Å². The van der Waals surface area contributed by atoms with E-state index in [0.29, 0.717) is 30.2 Å². The number of fused-ring (bicyclic) bond motifs is 1. The van der Waals surface area contributed by atoms with E-state index in [-0.39, 0.29) is 18.1 Å². The fourth-order valence-electron chi connectivity index (χ4n) is 5.49. The average molecular weight is 496 g/mol. The number of nitrogens with two attached hydrogens (primary N) is 1. The molecule has 1 saturated heterocycles. The van der Waals surface area contributed by atoms with Gasteiger partial charge in [-0.2, -0.15) is 4.98 Å². The molecule has 188 valence electrons. The maximum absolute atomic E-state index is 13.9. The van der Waals surface area contributed by atoms with Gasteiger partial charge in [0, 0.05) is 42.9 Å². The third kappa shape index (κ3) is 3.81. The number of aryl methyl sites for hydroxylation is 1. The molecule has 4 heterocycles. The molecule has 0 bridgehead atoms. The third-order valence-electron chi connectivity index (χ3n) is 7.26. The van der Waals surface area contributed by atoms with Crippen LogP contribution in [0.1, 0.15) is 25.3 Å². The molecule has 9 heteroatoms. The lowest BCUT2D eigenvalue weighted by Crippen LogP contribution is -2.44. The van der Waals surface area contributed by atoms with E-state index in [4.69, 9.17) is 10.7 Å². The predicted octanol–water partition coefficient (Wildman–Crippen LogP) is 2.47. The highest BCUT2D eigenvalue weighted by Crippen LogP contribution is 2.33. The molecule has 3 N–H and O–H groups in total. The first-order chi connectivity index (χ1) is 18.0. The summed E-state index contributed by atoms with van der Waals surface area (Å²) in [4.78, 5) is 34.2. The molecule has 0 spiro atoms. The number of hydrogen-bond donors (Lipinski definition) is 2. The van der Waals surface area contributed by atoms with Gasteiger partial charge in [0.2, 0.25) is 5.95 Å². The van der Waals surface area contributed by atoms with Crippen LogP contribution in [-0.4, -0.2) is 37.8 Å². The zero-order valence-corrected chi connectivity index (χ0v) is 21.0. The van der Waals surface area contributed by atoms with Crippen LogP contribution in [0.25, 0.3) is 28.0 Å². The van der Waals surface area contributed by atoms with Crippen LogP contribution in [0.15, 0.2) is 51.7 Å². The standard InChI is InChI=1S/C28H29N7O2/c1-3-4-14-34-24-25(31-27(34)33-13-7-11-20(29)16-33)32(2)28(37)35(26(24)36)17-21-15-19-10-5-8-18-9-6-12-22(30-21)23(18)19/h5-6,8-10,12,15,20,30H,7,11,13-14,16-17,29H2,1-2H3/t20-/m1/s1. The number of imidazole rings is 1. The first kappa shape index (κ1) is 23.1. The number of piperidine rings is 1. The maximum atomic E-state index is 13.9. The quantitative estimate of drug-likeness (QED) is 0.422. The van der Waals surface area contributed by atoms with E-state index in [1.54, 1.807) is 14.0 Å². The van der Waals surface area contributed by atoms with Crippen LogP contribution in [0, 0.1) is 11.8 Å². The first-order valence-corrected chi connectivity index (χ1v) is 12.6. The van der Waals surface area contributed by atoms with Crippen molar-refractivity contribution < 1.29 is 0 Å². The number of aromatic nitrogens is 4. The summed E-state index contributed by atoms with van der Waals surface area (Å²) in [7, 11) is 1.66. The Hall–Kier alpha value is -4.29. The van der Waals surface area contributed by atoms with Crippen molar-refractivity contribution >= 4 is 39.6 Å². The molecule has 2 aliphatic rings. The monoisotopic (exact) mass is 495 g/mol. The van der Waals surface area contributed by atoms with E-state index < -0.39 is 5.69 Å². The van der Waals surface area contributed by atoms with E-state index in [1.165, 1.54) is 9.13 Å². The summed E-state index contributed by atoms with van der Waals surface area (Å²) in [5.41, 5.74) is 8.97. The number of allylic oxidation sites excluding steroid dienone is 1. The van der Waals surface area contributed by atoms with Gasteiger partial charge in [-0.05, 0) is 42.9 Å². The largest absolute Gasteiger partial charge is 0.357 e. The Morgan fingerprint density at radius 3 is 2.76 bits per heavy atom. The molecule has 0 amide bonds. The number of rotatable bonds is 4. The van der Waals surface area contributed by atoms with Crippen LogP contribution in [0.4, 0.5) is 11.6 Å². The van der Waals surface area contributed by atoms with E-state index in [9.17, 15) is 9.59 Å². The molecular weight excluding hydrogens is 466 g/mol. The SMILES string of the molecule is CC#CCn1c(N2CCC[C@@H](N)C2)nc2c1c(=O)n(CC1=Cc3cccc4cccc(c34)N1)c(=O)n2C. The van der Waals surface area contributed by atoms with Crippen molar-refractivity contribution in [3.05, 3.63) is 68.5 Å². The smallest absolute Gasteiger partial charge is 0.332 e. The topological polar surface area (TPSA) is 103 Å². The molecular formula is C28H29N7O2. The lowest BCUT2D eigenvalue weighted by Gasteiger charge is -2.31. The predicted molar refractivity (Wildman–Crippen MR) is 148 cm³/mol. The normalized spacial score (nSPS) is 16.9. The van der Waals surface area contributed by atoms with E-state index >= 15 is 0 Å². The van der Waals surface area contributed by atoms with Crippen LogP contribution >= 0.6 is 0 Å². The lowest BCUT2D eigenvalue weighted by atomic mass is 9.99. The van der Waals surface area contributed by atoms with Crippen LogP contribution in [0.2, 0.25) is 0 Å². The van der Waals surface area contributed by atoms with Crippen LogP contribution < -0.4 is 27.2 Å². The van der Waals surface area contributed by atoms with Gasteiger partial charge in [-0.3, -0.25) is 18.5 Å².